The van der Waals surface area contributed by atoms with Crippen molar-refractivity contribution in [1.29, 1.82) is 0 Å². The van der Waals surface area contributed by atoms with Gasteiger partial charge in [-0.3, -0.25) is 0 Å². The summed E-state index contributed by atoms with van der Waals surface area (Å²) >= 11 is 0. The first-order valence-electron chi connectivity index (χ1n) is 8.89. The minimum absolute atomic E-state index is 0.122. The summed E-state index contributed by atoms with van der Waals surface area (Å²) in [7, 11) is 1.57. The number of nitrogens with zero attached hydrogens (tertiary/aromatic N) is 2. The number of aromatic nitrogens is 2. The van der Waals surface area contributed by atoms with E-state index < -0.39 is 6.03 Å². The molecule has 9 heteroatoms. The minimum Gasteiger partial charge on any atom is -0.495 e. The number of nitrogens with one attached hydrogen (secondary N) is 3. The number of anilines is 4. The van der Waals surface area contributed by atoms with E-state index in [9.17, 15) is 4.79 Å². The number of carbonyl (C=O) groups is 1. The van der Waals surface area contributed by atoms with Crippen molar-refractivity contribution in [2.45, 2.75) is 0 Å². The van der Waals surface area contributed by atoms with Crippen LogP contribution in [-0.4, -0.2) is 41.4 Å². The maximum absolute atomic E-state index is 11.7. The van der Waals surface area contributed by atoms with Crippen molar-refractivity contribution >= 4 is 29.0 Å². The van der Waals surface area contributed by atoms with Crippen molar-refractivity contribution in [1.82, 2.24) is 15.3 Å². The van der Waals surface area contributed by atoms with E-state index in [1.54, 1.807) is 49.7 Å². The quantitative estimate of drug-likeness (QED) is 0.389. The van der Waals surface area contributed by atoms with Crippen LogP contribution in [0, 0.1) is 0 Å². The number of aliphatic hydroxyl groups is 1. The molecular formula is C20H22N6O3. The lowest BCUT2D eigenvalue weighted by Crippen LogP contribution is -2.30. The van der Waals surface area contributed by atoms with Crippen LogP contribution in [-0.2, 0) is 0 Å². The summed E-state index contributed by atoms with van der Waals surface area (Å²) in [6.07, 6.45) is 1.65. The standard InChI is InChI=1S/C20H22N6O3/c1-29-18-6-5-13(11-16(18)21)17-7-8-22-19(26-17)24-14-3-2-4-15(12-14)25-20(28)23-9-10-27/h2-8,11-12,27H,9-10,21H2,1H3,(H,22,24,26)(H2,23,25,28). The number of hydrogen-bond donors (Lipinski definition) is 5. The minimum atomic E-state index is -0.397. The summed E-state index contributed by atoms with van der Waals surface area (Å²) in [5.74, 6) is 1.01. The maximum atomic E-state index is 11.7. The summed E-state index contributed by atoms with van der Waals surface area (Å²) in [5.41, 5.74) is 9.34. The number of rotatable bonds is 7. The van der Waals surface area contributed by atoms with E-state index in [0.29, 0.717) is 34.5 Å². The Kier molecular flexibility index (Phi) is 6.43. The Morgan fingerprint density at radius 2 is 2.00 bits per heavy atom. The van der Waals surface area contributed by atoms with Crippen LogP contribution in [0.4, 0.5) is 27.8 Å². The van der Waals surface area contributed by atoms with Crippen molar-refractivity contribution in [3.63, 3.8) is 0 Å². The second-order valence-electron chi connectivity index (χ2n) is 6.03. The predicted molar refractivity (Wildman–Crippen MR) is 112 cm³/mol. The van der Waals surface area contributed by atoms with Gasteiger partial charge in [-0.2, -0.15) is 0 Å². The third-order valence-corrected chi connectivity index (χ3v) is 3.95. The molecule has 2 amide bonds. The number of hydrogen-bond acceptors (Lipinski definition) is 7. The molecule has 0 aliphatic carbocycles. The highest BCUT2D eigenvalue weighted by atomic mass is 16.5. The Bertz CT molecular complexity index is 995. The molecule has 0 saturated carbocycles. The molecule has 6 N–H and O–H groups in total. The molecule has 0 radical (unpaired) electrons. The molecule has 0 fully saturated rings. The summed E-state index contributed by atoms with van der Waals surface area (Å²) in [6, 6.07) is 14.0. The van der Waals surface area contributed by atoms with Crippen LogP contribution in [0.3, 0.4) is 0 Å². The summed E-state index contributed by atoms with van der Waals surface area (Å²) in [5, 5.41) is 17.1. The van der Waals surface area contributed by atoms with Crippen molar-refractivity contribution in [3.8, 4) is 17.0 Å². The molecule has 1 aromatic heterocycles. The molecule has 0 atom stereocenters. The van der Waals surface area contributed by atoms with Gasteiger partial charge in [-0.05, 0) is 42.5 Å². The second kappa shape index (κ2) is 9.38. The Balaban J connectivity index is 1.74. The molecule has 3 rings (SSSR count). The van der Waals surface area contributed by atoms with Crippen molar-refractivity contribution in [3.05, 3.63) is 54.7 Å². The van der Waals surface area contributed by atoms with Crippen LogP contribution in [0.2, 0.25) is 0 Å². The van der Waals surface area contributed by atoms with Gasteiger partial charge < -0.3 is 31.5 Å². The second-order valence-corrected chi connectivity index (χ2v) is 6.03. The molecule has 1 heterocycles. The number of benzene rings is 2. The third-order valence-electron chi connectivity index (χ3n) is 3.95. The number of carbonyl (C=O) groups excluding carboxylic acids is 1. The largest absolute Gasteiger partial charge is 0.495 e. The molecule has 3 aromatic rings. The molecule has 0 aliphatic rings. The third kappa shape index (κ3) is 5.33. The molecule has 0 spiro atoms. The Labute approximate surface area is 168 Å². The number of methoxy groups -OCH3 is 1. The highest BCUT2D eigenvalue weighted by molar-refractivity contribution is 5.89. The smallest absolute Gasteiger partial charge is 0.319 e. The van der Waals surface area contributed by atoms with Crippen LogP contribution >= 0.6 is 0 Å². The van der Waals surface area contributed by atoms with Crippen LogP contribution in [0.15, 0.2) is 54.7 Å². The lowest BCUT2D eigenvalue weighted by Gasteiger charge is -2.10. The maximum Gasteiger partial charge on any atom is 0.319 e. The fourth-order valence-electron chi connectivity index (χ4n) is 2.62. The molecule has 29 heavy (non-hydrogen) atoms. The van der Waals surface area contributed by atoms with E-state index in [2.05, 4.69) is 25.9 Å². The average molecular weight is 394 g/mol. The Hall–Kier alpha value is -3.85. The van der Waals surface area contributed by atoms with Gasteiger partial charge in [-0.1, -0.05) is 6.07 Å². The number of nitrogen functional groups attached to an aromatic ring is 1. The average Bonchev–Trinajstić information content (AvgIpc) is 2.72. The van der Waals surface area contributed by atoms with Gasteiger partial charge in [-0.15, -0.1) is 0 Å². The zero-order chi connectivity index (χ0) is 20.6. The zero-order valence-corrected chi connectivity index (χ0v) is 15.8. The summed E-state index contributed by atoms with van der Waals surface area (Å²) < 4.78 is 5.18. The number of amides is 2. The normalized spacial score (nSPS) is 10.3. The number of urea groups is 1. The number of nitrogens with two attached hydrogens (primary N) is 1. The lowest BCUT2D eigenvalue weighted by atomic mass is 10.1. The first-order chi connectivity index (χ1) is 14.1. The van der Waals surface area contributed by atoms with E-state index >= 15 is 0 Å². The van der Waals surface area contributed by atoms with Crippen molar-refractivity contribution in [2.75, 3.05) is 36.6 Å². The topological polar surface area (TPSA) is 134 Å². The molecule has 0 bridgehead atoms. The molecule has 150 valence electrons. The van der Waals surface area contributed by atoms with E-state index in [-0.39, 0.29) is 13.2 Å². The molecule has 9 nitrogen and oxygen atoms in total. The van der Waals surface area contributed by atoms with Gasteiger partial charge in [0.2, 0.25) is 5.95 Å². The monoisotopic (exact) mass is 394 g/mol. The molecule has 0 unspecified atom stereocenters. The first kappa shape index (κ1) is 19.9. The van der Waals surface area contributed by atoms with E-state index in [1.165, 1.54) is 0 Å². The molecule has 2 aromatic carbocycles. The van der Waals surface area contributed by atoms with Crippen LogP contribution in [0.25, 0.3) is 11.3 Å². The van der Waals surface area contributed by atoms with Gasteiger partial charge in [0.15, 0.2) is 0 Å². The van der Waals surface area contributed by atoms with E-state index in [0.717, 1.165) is 5.56 Å². The summed E-state index contributed by atoms with van der Waals surface area (Å²) in [4.78, 5) is 20.5. The van der Waals surface area contributed by atoms with E-state index in [1.807, 2.05) is 12.1 Å². The predicted octanol–water partition coefficient (Wildman–Crippen LogP) is 2.59. The van der Waals surface area contributed by atoms with Crippen molar-refractivity contribution in [2.24, 2.45) is 0 Å². The Morgan fingerprint density at radius 3 is 2.76 bits per heavy atom. The van der Waals surface area contributed by atoms with Crippen LogP contribution < -0.4 is 26.4 Å². The van der Waals surface area contributed by atoms with Gasteiger partial charge in [0.05, 0.1) is 25.1 Å². The summed E-state index contributed by atoms with van der Waals surface area (Å²) in [6.45, 7) is 0.0584. The first-order valence-corrected chi connectivity index (χ1v) is 8.89. The van der Waals surface area contributed by atoms with E-state index in [4.69, 9.17) is 15.6 Å². The molecule has 0 aliphatic heterocycles. The number of ether oxygens (including phenoxy) is 1. The molecular weight excluding hydrogens is 372 g/mol. The fourth-order valence-corrected chi connectivity index (χ4v) is 2.62. The van der Waals surface area contributed by atoms with Gasteiger partial charge in [0.25, 0.3) is 0 Å². The highest BCUT2D eigenvalue weighted by Gasteiger charge is 2.07. The number of aliphatic hydroxyl groups excluding tert-OH is 1. The van der Waals surface area contributed by atoms with Gasteiger partial charge >= 0.3 is 6.03 Å². The fraction of sp³-hybridized carbons (Fsp3) is 0.150. The highest BCUT2D eigenvalue weighted by Crippen LogP contribution is 2.28. The SMILES string of the molecule is COc1ccc(-c2ccnc(Nc3cccc(NC(=O)NCCO)c3)n2)cc1N. The van der Waals surface area contributed by atoms with Gasteiger partial charge in [-0.25, -0.2) is 14.8 Å². The van der Waals surface area contributed by atoms with Gasteiger partial charge in [0.1, 0.15) is 5.75 Å². The van der Waals surface area contributed by atoms with Gasteiger partial charge in [0, 0.05) is 29.7 Å². The van der Waals surface area contributed by atoms with Crippen LogP contribution in [0.1, 0.15) is 0 Å². The zero-order valence-electron chi connectivity index (χ0n) is 15.8. The van der Waals surface area contributed by atoms with Crippen molar-refractivity contribution < 1.29 is 14.6 Å². The Morgan fingerprint density at radius 1 is 1.17 bits per heavy atom. The lowest BCUT2D eigenvalue weighted by molar-refractivity contribution is 0.245. The van der Waals surface area contributed by atoms with Crippen LogP contribution in [0.5, 0.6) is 5.75 Å². The molecule has 0 saturated heterocycles.